The van der Waals surface area contributed by atoms with E-state index >= 15 is 0 Å². The second kappa shape index (κ2) is 2.96. The van der Waals surface area contributed by atoms with Crippen molar-refractivity contribution < 1.29 is 9.59 Å². The van der Waals surface area contributed by atoms with Crippen LogP contribution >= 0.6 is 0 Å². The fraction of sp³-hybridized carbons (Fsp3) is 0.231. The summed E-state index contributed by atoms with van der Waals surface area (Å²) >= 11 is 0. The first kappa shape index (κ1) is 10.1. The zero-order valence-electron chi connectivity index (χ0n) is 9.30. The van der Waals surface area contributed by atoms with Gasteiger partial charge in [0.15, 0.2) is 0 Å². The summed E-state index contributed by atoms with van der Waals surface area (Å²) in [6, 6.07) is 6.81. The minimum Gasteiger partial charge on any atom is -0.267 e. The average Bonchev–Trinajstić information content (AvgIpc) is 2.94. The molecule has 2 heterocycles. The van der Waals surface area contributed by atoms with Crippen molar-refractivity contribution in [2.75, 3.05) is 6.54 Å². The first-order valence-corrected chi connectivity index (χ1v) is 5.31. The predicted molar refractivity (Wildman–Crippen MR) is 60.9 cm³/mol. The zero-order valence-corrected chi connectivity index (χ0v) is 9.30. The van der Waals surface area contributed by atoms with E-state index in [1.165, 1.54) is 0 Å². The van der Waals surface area contributed by atoms with Crippen LogP contribution in [0.2, 0.25) is 0 Å². The molecule has 0 spiro atoms. The molecule has 0 radical (unpaired) electrons. The number of hydrogen-bond acceptors (Lipinski definition) is 3. The number of hydrazine groups is 1. The third-order valence-corrected chi connectivity index (χ3v) is 3.25. The summed E-state index contributed by atoms with van der Waals surface area (Å²) in [7, 11) is 0. The van der Waals surface area contributed by atoms with Gasteiger partial charge in [-0.15, -0.1) is 6.42 Å². The van der Waals surface area contributed by atoms with Crippen molar-refractivity contribution in [3.63, 3.8) is 0 Å². The van der Waals surface area contributed by atoms with Crippen molar-refractivity contribution in [2.24, 2.45) is 0 Å². The monoisotopic (exact) mass is 226 g/mol. The van der Waals surface area contributed by atoms with Gasteiger partial charge in [0.2, 0.25) is 0 Å². The molecule has 0 saturated carbocycles. The van der Waals surface area contributed by atoms with Gasteiger partial charge in [-0.3, -0.25) is 9.59 Å². The molecular weight excluding hydrogens is 216 g/mol. The summed E-state index contributed by atoms with van der Waals surface area (Å²) in [5.74, 6) is 2.02. The number of carbonyl (C=O) groups is 2. The highest BCUT2D eigenvalue weighted by Crippen LogP contribution is 2.37. The van der Waals surface area contributed by atoms with Gasteiger partial charge in [0.25, 0.3) is 11.8 Å². The van der Waals surface area contributed by atoms with Crippen molar-refractivity contribution >= 4 is 11.8 Å². The SMILES string of the molecule is C#C[C@@]1(C)CN1N1C(=O)c2ccccc2C1=O. The molecule has 3 rings (SSSR count). The van der Waals surface area contributed by atoms with Crippen molar-refractivity contribution in [1.82, 2.24) is 10.0 Å². The van der Waals surface area contributed by atoms with Crippen LogP contribution in [0.25, 0.3) is 0 Å². The molecule has 0 aromatic heterocycles. The number of terminal acetylenes is 1. The van der Waals surface area contributed by atoms with Gasteiger partial charge < -0.3 is 0 Å². The number of carbonyl (C=O) groups excluding carboxylic acids is 2. The highest BCUT2D eigenvalue weighted by atomic mass is 16.2. The maximum atomic E-state index is 12.1. The number of imide groups is 1. The van der Waals surface area contributed by atoms with E-state index in [-0.39, 0.29) is 11.8 Å². The molecule has 2 aliphatic rings. The van der Waals surface area contributed by atoms with Crippen LogP contribution in [0.5, 0.6) is 0 Å². The molecule has 1 saturated heterocycles. The van der Waals surface area contributed by atoms with Crippen molar-refractivity contribution in [3.8, 4) is 12.3 Å². The Kier molecular flexibility index (Phi) is 1.75. The molecule has 0 aliphatic carbocycles. The van der Waals surface area contributed by atoms with E-state index in [0.29, 0.717) is 17.7 Å². The van der Waals surface area contributed by atoms with Gasteiger partial charge in [-0.2, -0.15) is 5.01 Å². The molecule has 1 aromatic carbocycles. The Balaban J connectivity index is 2.01. The minimum atomic E-state index is -0.507. The number of benzene rings is 1. The van der Waals surface area contributed by atoms with Crippen LogP contribution in [-0.4, -0.2) is 33.9 Å². The number of fused-ring (bicyclic) bond motifs is 1. The van der Waals surface area contributed by atoms with Crippen molar-refractivity contribution in [2.45, 2.75) is 12.5 Å². The van der Waals surface area contributed by atoms with E-state index < -0.39 is 5.54 Å². The van der Waals surface area contributed by atoms with Gasteiger partial charge in [-0.05, 0) is 19.1 Å². The lowest BCUT2D eigenvalue weighted by molar-refractivity contribution is 0.0350. The molecule has 2 aliphatic heterocycles. The molecule has 1 aromatic rings. The molecule has 17 heavy (non-hydrogen) atoms. The summed E-state index contributed by atoms with van der Waals surface area (Å²) in [5, 5.41) is 2.78. The molecule has 1 unspecified atom stereocenters. The zero-order chi connectivity index (χ0) is 12.2. The van der Waals surface area contributed by atoms with Gasteiger partial charge in [-0.25, -0.2) is 5.01 Å². The van der Waals surface area contributed by atoms with E-state index in [2.05, 4.69) is 5.92 Å². The topological polar surface area (TPSA) is 40.4 Å². The Morgan fingerprint density at radius 3 is 2.18 bits per heavy atom. The molecule has 1 fully saturated rings. The lowest BCUT2D eigenvalue weighted by Crippen LogP contribution is -2.38. The highest BCUT2D eigenvalue weighted by molar-refractivity contribution is 6.21. The molecule has 0 bridgehead atoms. The van der Waals surface area contributed by atoms with Crippen molar-refractivity contribution in [1.29, 1.82) is 0 Å². The second-order valence-corrected chi connectivity index (χ2v) is 4.44. The minimum absolute atomic E-state index is 0.287. The summed E-state index contributed by atoms with van der Waals surface area (Å²) in [6.07, 6.45) is 5.38. The Labute approximate surface area is 98.8 Å². The van der Waals surface area contributed by atoms with E-state index in [4.69, 9.17) is 6.42 Å². The quantitative estimate of drug-likeness (QED) is 0.406. The van der Waals surface area contributed by atoms with Gasteiger partial charge >= 0.3 is 0 Å². The fourth-order valence-electron chi connectivity index (χ4n) is 2.06. The maximum absolute atomic E-state index is 12.1. The largest absolute Gasteiger partial charge is 0.276 e. The summed E-state index contributed by atoms with van der Waals surface area (Å²) in [5.41, 5.74) is 0.389. The number of rotatable bonds is 1. The van der Waals surface area contributed by atoms with Crippen LogP contribution in [-0.2, 0) is 0 Å². The van der Waals surface area contributed by atoms with Gasteiger partial charge in [-0.1, -0.05) is 18.1 Å². The van der Waals surface area contributed by atoms with Crippen LogP contribution in [0, 0.1) is 12.3 Å². The molecule has 2 atom stereocenters. The lowest BCUT2D eigenvalue weighted by Gasteiger charge is -2.16. The molecule has 84 valence electrons. The maximum Gasteiger partial charge on any atom is 0.276 e. The third-order valence-electron chi connectivity index (χ3n) is 3.25. The van der Waals surface area contributed by atoms with Crippen LogP contribution < -0.4 is 0 Å². The number of amides is 2. The van der Waals surface area contributed by atoms with Crippen LogP contribution in [0.15, 0.2) is 24.3 Å². The van der Waals surface area contributed by atoms with E-state index in [1.54, 1.807) is 29.3 Å². The first-order valence-electron chi connectivity index (χ1n) is 5.31. The van der Waals surface area contributed by atoms with Crippen LogP contribution in [0.4, 0.5) is 0 Å². The van der Waals surface area contributed by atoms with Crippen LogP contribution in [0.3, 0.4) is 0 Å². The van der Waals surface area contributed by atoms with Gasteiger partial charge in [0.05, 0.1) is 17.7 Å². The number of hydrogen-bond donors (Lipinski definition) is 0. The Morgan fingerprint density at radius 1 is 1.24 bits per heavy atom. The first-order chi connectivity index (χ1) is 8.08. The summed E-state index contributed by atoms with van der Waals surface area (Å²) in [6.45, 7) is 2.37. The molecule has 4 nitrogen and oxygen atoms in total. The van der Waals surface area contributed by atoms with Gasteiger partial charge in [0.1, 0.15) is 5.54 Å². The van der Waals surface area contributed by atoms with Crippen LogP contribution in [0.1, 0.15) is 27.6 Å². The van der Waals surface area contributed by atoms with Crippen molar-refractivity contribution in [3.05, 3.63) is 35.4 Å². The highest BCUT2D eigenvalue weighted by Gasteiger charge is 2.56. The fourth-order valence-corrected chi connectivity index (χ4v) is 2.06. The normalized spacial score (nSPS) is 30.1. The molecule has 2 amide bonds. The Bertz CT molecular complexity index is 552. The Hall–Kier alpha value is -2.12. The second-order valence-electron chi connectivity index (χ2n) is 4.44. The van der Waals surface area contributed by atoms with Gasteiger partial charge in [0, 0.05) is 0 Å². The summed E-state index contributed by atoms with van der Waals surface area (Å²) in [4.78, 5) is 24.2. The van der Waals surface area contributed by atoms with E-state index in [9.17, 15) is 9.59 Å². The van der Waals surface area contributed by atoms with E-state index in [1.807, 2.05) is 6.92 Å². The lowest BCUT2D eigenvalue weighted by atomic mass is 10.1. The summed E-state index contributed by atoms with van der Waals surface area (Å²) < 4.78 is 0. The molecular formula is C13H10N2O2. The number of nitrogens with zero attached hydrogens (tertiary/aromatic N) is 2. The molecule has 0 N–H and O–H groups in total. The smallest absolute Gasteiger partial charge is 0.267 e. The molecule has 4 heteroatoms. The predicted octanol–water partition coefficient (Wildman–Crippen LogP) is 0.905. The third kappa shape index (κ3) is 1.17. The average molecular weight is 226 g/mol. The van der Waals surface area contributed by atoms with E-state index in [0.717, 1.165) is 5.01 Å². The standard InChI is InChI=1S/C13H10N2O2/c1-3-13(2)8-14(13)15-11(16)9-6-4-5-7-10(9)12(15)17/h1,4-7H,8H2,2H3/t13-,14?/m0/s1. The Morgan fingerprint density at radius 2 is 1.76 bits per heavy atom.